The number of aryl methyl sites for hydroxylation is 1. The molecule has 0 saturated carbocycles. The second kappa shape index (κ2) is 7.71. The third-order valence-corrected chi connectivity index (χ3v) is 5.91. The number of aromatic nitrogens is 2. The van der Waals surface area contributed by atoms with Crippen molar-refractivity contribution >= 4 is 22.8 Å². The molecule has 2 fully saturated rings. The molecule has 1 amide bonds. The monoisotopic (exact) mass is 368 g/mol. The number of piperidine rings is 1. The predicted molar refractivity (Wildman–Crippen MR) is 107 cm³/mol. The Morgan fingerprint density at radius 3 is 2.63 bits per heavy atom. The largest absolute Gasteiger partial charge is 0.352 e. The second-order valence-electron chi connectivity index (χ2n) is 7.76. The molecule has 2 saturated heterocycles. The van der Waals surface area contributed by atoms with Gasteiger partial charge in [-0.1, -0.05) is 12.1 Å². The van der Waals surface area contributed by atoms with Crippen LogP contribution in [0.25, 0.3) is 11.0 Å². The van der Waals surface area contributed by atoms with Crippen molar-refractivity contribution in [2.75, 3.05) is 24.5 Å². The van der Waals surface area contributed by atoms with Crippen LogP contribution >= 0.6 is 0 Å². The van der Waals surface area contributed by atoms with Crippen molar-refractivity contribution in [2.45, 2.75) is 58.0 Å². The Morgan fingerprint density at radius 1 is 1.11 bits per heavy atom. The maximum absolute atomic E-state index is 13.2. The average molecular weight is 368 g/mol. The molecule has 3 heterocycles. The number of fused-ring (bicyclic) bond motifs is 1. The molecule has 0 N–H and O–H groups in total. The second-order valence-corrected chi connectivity index (χ2v) is 7.76. The van der Waals surface area contributed by atoms with Crippen molar-refractivity contribution in [1.29, 1.82) is 0 Å². The Labute approximate surface area is 159 Å². The highest BCUT2D eigenvalue weighted by atomic mass is 16.2. The summed E-state index contributed by atoms with van der Waals surface area (Å²) in [4.78, 5) is 34.6. The lowest BCUT2D eigenvalue weighted by atomic mass is 10.0. The molecule has 2 aliphatic rings. The highest BCUT2D eigenvalue weighted by Crippen LogP contribution is 2.20. The first-order valence-electron chi connectivity index (χ1n) is 10.2. The van der Waals surface area contributed by atoms with Crippen LogP contribution in [0, 0.1) is 0 Å². The molecule has 2 aromatic rings. The zero-order chi connectivity index (χ0) is 18.8. The van der Waals surface area contributed by atoms with Gasteiger partial charge in [-0.15, -0.1) is 0 Å². The molecule has 0 aliphatic carbocycles. The van der Waals surface area contributed by atoms with E-state index in [1.165, 1.54) is 6.42 Å². The third-order valence-electron chi connectivity index (χ3n) is 5.91. The van der Waals surface area contributed by atoms with Crippen molar-refractivity contribution in [1.82, 2.24) is 14.5 Å². The van der Waals surface area contributed by atoms with E-state index in [1.807, 2.05) is 29.2 Å². The van der Waals surface area contributed by atoms with Gasteiger partial charge in [0.15, 0.2) is 5.82 Å². The van der Waals surface area contributed by atoms with E-state index in [9.17, 15) is 9.59 Å². The lowest BCUT2D eigenvalue weighted by Crippen LogP contribution is -2.42. The summed E-state index contributed by atoms with van der Waals surface area (Å²) in [7, 11) is 0. The van der Waals surface area contributed by atoms with Gasteiger partial charge in [-0.2, -0.15) is 0 Å². The summed E-state index contributed by atoms with van der Waals surface area (Å²) in [6, 6.07) is 8.03. The highest BCUT2D eigenvalue weighted by molar-refractivity contribution is 5.78. The van der Waals surface area contributed by atoms with Crippen LogP contribution in [-0.4, -0.2) is 46.0 Å². The van der Waals surface area contributed by atoms with Crippen molar-refractivity contribution in [3.05, 3.63) is 34.6 Å². The summed E-state index contributed by atoms with van der Waals surface area (Å²) in [5, 5.41) is 0. The molecule has 6 heteroatoms. The van der Waals surface area contributed by atoms with Gasteiger partial charge in [-0.3, -0.25) is 9.59 Å². The summed E-state index contributed by atoms with van der Waals surface area (Å²) in [6.07, 6.45) is 5.89. The smallest absolute Gasteiger partial charge is 0.294 e. The van der Waals surface area contributed by atoms with Crippen LogP contribution in [-0.2, 0) is 11.3 Å². The molecule has 0 radical (unpaired) electrons. The molecule has 144 valence electrons. The molecule has 27 heavy (non-hydrogen) atoms. The number of amides is 1. The molecule has 2 aliphatic heterocycles. The van der Waals surface area contributed by atoms with Crippen molar-refractivity contribution in [3.63, 3.8) is 0 Å². The highest BCUT2D eigenvalue weighted by Gasteiger charge is 2.24. The number of rotatable bonds is 4. The van der Waals surface area contributed by atoms with Crippen molar-refractivity contribution in [3.8, 4) is 0 Å². The fourth-order valence-electron chi connectivity index (χ4n) is 4.36. The molecular formula is C21H28N4O2. The van der Waals surface area contributed by atoms with E-state index < -0.39 is 0 Å². The van der Waals surface area contributed by atoms with E-state index in [1.54, 1.807) is 4.57 Å². The van der Waals surface area contributed by atoms with Gasteiger partial charge in [0, 0.05) is 38.6 Å². The van der Waals surface area contributed by atoms with Crippen LogP contribution in [0.4, 0.5) is 5.82 Å². The van der Waals surface area contributed by atoms with Gasteiger partial charge < -0.3 is 14.4 Å². The molecule has 0 bridgehead atoms. The number of nitrogens with zero attached hydrogens (tertiary/aromatic N) is 4. The minimum Gasteiger partial charge on any atom is -0.352 e. The van der Waals surface area contributed by atoms with Gasteiger partial charge in [0.1, 0.15) is 0 Å². The number of anilines is 1. The quantitative estimate of drug-likeness (QED) is 0.833. The number of carbonyl (C=O) groups is 1. The normalized spacial score (nSPS) is 20.4. The maximum atomic E-state index is 13.2. The van der Waals surface area contributed by atoms with Gasteiger partial charge in [-0.25, -0.2) is 4.98 Å². The Kier molecular flexibility index (Phi) is 5.14. The summed E-state index contributed by atoms with van der Waals surface area (Å²) in [5.74, 6) is 0.683. The lowest BCUT2D eigenvalue weighted by molar-refractivity contribution is -0.134. The number of likely N-dealkylation sites (tertiary alicyclic amines) is 1. The van der Waals surface area contributed by atoms with E-state index in [4.69, 9.17) is 0 Å². The third kappa shape index (κ3) is 3.57. The van der Waals surface area contributed by atoms with E-state index in [-0.39, 0.29) is 11.5 Å². The first kappa shape index (κ1) is 18.0. The summed E-state index contributed by atoms with van der Waals surface area (Å²) >= 11 is 0. The fraction of sp³-hybridized carbons (Fsp3) is 0.571. The van der Waals surface area contributed by atoms with E-state index in [0.717, 1.165) is 56.4 Å². The zero-order valence-corrected chi connectivity index (χ0v) is 16.1. The molecular weight excluding hydrogens is 340 g/mol. The molecule has 1 atom stereocenters. The minimum atomic E-state index is -0.0740. The van der Waals surface area contributed by atoms with Gasteiger partial charge in [0.2, 0.25) is 5.91 Å². The zero-order valence-electron chi connectivity index (χ0n) is 16.1. The summed E-state index contributed by atoms with van der Waals surface area (Å²) in [6.45, 7) is 5.13. The van der Waals surface area contributed by atoms with Gasteiger partial charge in [0.25, 0.3) is 5.56 Å². The van der Waals surface area contributed by atoms with Gasteiger partial charge >= 0.3 is 0 Å². The molecule has 6 nitrogen and oxygen atoms in total. The molecule has 0 spiro atoms. The van der Waals surface area contributed by atoms with Crippen LogP contribution < -0.4 is 10.5 Å². The Balaban J connectivity index is 1.63. The fourth-order valence-corrected chi connectivity index (χ4v) is 4.36. The Hall–Kier alpha value is -2.37. The number of para-hydroxylation sites is 2. The molecule has 1 unspecified atom stereocenters. The summed E-state index contributed by atoms with van der Waals surface area (Å²) < 4.78 is 1.75. The molecule has 1 aromatic heterocycles. The van der Waals surface area contributed by atoms with Crippen LogP contribution in [0.1, 0.15) is 45.4 Å². The Morgan fingerprint density at radius 2 is 1.85 bits per heavy atom. The van der Waals surface area contributed by atoms with Crippen molar-refractivity contribution < 1.29 is 4.79 Å². The van der Waals surface area contributed by atoms with E-state index in [2.05, 4.69) is 16.8 Å². The number of carbonyl (C=O) groups excluding carboxylic acids is 1. The van der Waals surface area contributed by atoms with Crippen molar-refractivity contribution in [2.24, 2.45) is 0 Å². The van der Waals surface area contributed by atoms with Gasteiger partial charge in [0.05, 0.1) is 11.0 Å². The van der Waals surface area contributed by atoms with E-state index >= 15 is 0 Å². The predicted octanol–water partition coefficient (Wildman–Crippen LogP) is 2.79. The molecule has 1 aromatic carbocycles. The first-order chi connectivity index (χ1) is 13.1. The lowest BCUT2D eigenvalue weighted by Gasteiger charge is -2.33. The first-order valence-corrected chi connectivity index (χ1v) is 10.2. The Bertz CT molecular complexity index is 885. The number of benzene rings is 1. The minimum absolute atomic E-state index is 0.0740. The van der Waals surface area contributed by atoms with Crippen LogP contribution in [0.2, 0.25) is 0 Å². The van der Waals surface area contributed by atoms with Crippen LogP contribution in [0.3, 0.4) is 0 Å². The van der Waals surface area contributed by atoms with E-state index in [0.29, 0.717) is 24.8 Å². The SMILES string of the molecule is CC1CCCCN1C(=O)CCn1c(=O)c(N2CCCC2)nc2ccccc21. The average Bonchev–Trinajstić information content (AvgIpc) is 3.21. The standard InChI is InChI=1S/C21H28N4O2/c1-16-8-4-5-14-24(16)19(26)11-15-25-18-10-3-2-9-17(18)22-20(21(25)27)23-12-6-7-13-23/h2-3,9-10,16H,4-8,11-15H2,1H3. The number of hydrogen-bond donors (Lipinski definition) is 0. The van der Waals surface area contributed by atoms with Gasteiger partial charge in [-0.05, 0) is 51.2 Å². The molecule has 4 rings (SSSR count). The van der Waals surface area contributed by atoms with Crippen LogP contribution in [0.15, 0.2) is 29.1 Å². The topological polar surface area (TPSA) is 58.4 Å². The maximum Gasteiger partial charge on any atom is 0.294 e. The number of hydrogen-bond acceptors (Lipinski definition) is 4. The van der Waals surface area contributed by atoms with Crippen LogP contribution in [0.5, 0.6) is 0 Å². The summed E-state index contributed by atoms with van der Waals surface area (Å²) in [5.41, 5.74) is 1.55.